The van der Waals surface area contributed by atoms with Crippen LogP contribution in [0.2, 0.25) is 0 Å². The molecule has 3 heteroatoms. The van der Waals surface area contributed by atoms with Gasteiger partial charge in [0.15, 0.2) is 0 Å². The monoisotopic (exact) mass is 322 g/mol. The zero-order chi connectivity index (χ0) is 16.7. The second kappa shape index (κ2) is 6.38. The van der Waals surface area contributed by atoms with E-state index in [1.54, 1.807) is 7.11 Å². The largest absolute Gasteiger partial charge is 0.458 e. The summed E-state index contributed by atoms with van der Waals surface area (Å²) in [6.45, 7) is 6.89. The molecule has 0 unspecified atom stereocenters. The Labute approximate surface area is 141 Å². The average molecular weight is 322 g/mol. The highest BCUT2D eigenvalue weighted by Gasteiger charge is 2.59. The average Bonchev–Trinajstić information content (AvgIpc) is 2.51. The summed E-state index contributed by atoms with van der Waals surface area (Å²) >= 11 is 0. The molecule has 0 radical (unpaired) electrons. The molecule has 0 aromatic carbocycles. The van der Waals surface area contributed by atoms with Crippen molar-refractivity contribution in [2.24, 2.45) is 29.1 Å². The van der Waals surface area contributed by atoms with Crippen molar-refractivity contribution in [1.82, 2.24) is 0 Å². The van der Waals surface area contributed by atoms with Crippen molar-refractivity contribution in [2.45, 2.75) is 77.7 Å². The lowest BCUT2D eigenvalue weighted by Gasteiger charge is -2.60. The molecule has 4 aliphatic rings. The number of methoxy groups -OCH3 is 1. The zero-order valence-corrected chi connectivity index (χ0v) is 15.4. The van der Waals surface area contributed by atoms with Gasteiger partial charge in [0.1, 0.15) is 5.60 Å². The van der Waals surface area contributed by atoms with Crippen molar-refractivity contribution in [3.63, 3.8) is 0 Å². The summed E-state index contributed by atoms with van der Waals surface area (Å²) in [5, 5.41) is 0. The summed E-state index contributed by atoms with van der Waals surface area (Å²) < 4.78 is 11.7. The van der Waals surface area contributed by atoms with Gasteiger partial charge in [0.05, 0.1) is 5.41 Å². The van der Waals surface area contributed by atoms with E-state index in [-0.39, 0.29) is 17.0 Å². The summed E-state index contributed by atoms with van der Waals surface area (Å²) in [5.41, 5.74) is -0.571. The Hall–Kier alpha value is -0.570. The highest BCUT2D eigenvalue weighted by molar-refractivity contribution is 5.76. The van der Waals surface area contributed by atoms with Crippen LogP contribution in [0.3, 0.4) is 0 Å². The molecule has 4 aliphatic carbocycles. The first-order valence-corrected chi connectivity index (χ1v) is 9.63. The van der Waals surface area contributed by atoms with E-state index in [0.717, 1.165) is 37.7 Å². The molecular weight excluding hydrogens is 288 g/mol. The van der Waals surface area contributed by atoms with Crippen molar-refractivity contribution in [3.8, 4) is 0 Å². The first-order valence-electron chi connectivity index (χ1n) is 9.63. The summed E-state index contributed by atoms with van der Waals surface area (Å²) in [6, 6.07) is 0. The van der Waals surface area contributed by atoms with Gasteiger partial charge in [-0.3, -0.25) is 4.79 Å². The molecule has 0 aromatic heterocycles. The Balaban J connectivity index is 1.82. The van der Waals surface area contributed by atoms with E-state index in [1.165, 1.54) is 32.1 Å². The molecule has 0 amide bonds. The van der Waals surface area contributed by atoms with Crippen LogP contribution in [0.5, 0.6) is 0 Å². The maximum absolute atomic E-state index is 12.9. The summed E-state index contributed by atoms with van der Waals surface area (Å²) in [6.07, 6.45) is 9.36. The third-order valence-corrected chi connectivity index (χ3v) is 7.16. The van der Waals surface area contributed by atoms with Gasteiger partial charge in [-0.1, -0.05) is 6.92 Å². The Bertz CT molecular complexity index is 412. The summed E-state index contributed by atoms with van der Waals surface area (Å²) in [7, 11) is 1.76. The smallest absolute Gasteiger partial charge is 0.312 e. The van der Waals surface area contributed by atoms with Gasteiger partial charge in [-0.2, -0.15) is 0 Å². The van der Waals surface area contributed by atoms with E-state index in [1.807, 2.05) is 13.8 Å². The number of hydrogen-bond donors (Lipinski definition) is 0. The Kier molecular flexibility index (Phi) is 4.79. The van der Waals surface area contributed by atoms with Crippen LogP contribution in [0, 0.1) is 29.1 Å². The van der Waals surface area contributed by atoms with Crippen LogP contribution in [0.4, 0.5) is 0 Å². The van der Waals surface area contributed by atoms with Crippen molar-refractivity contribution >= 4 is 5.97 Å². The van der Waals surface area contributed by atoms with E-state index in [2.05, 4.69) is 6.92 Å². The Morgan fingerprint density at radius 1 is 1.09 bits per heavy atom. The van der Waals surface area contributed by atoms with Gasteiger partial charge in [-0.05, 0) is 88.9 Å². The lowest BCUT2D eigenvalue weighted by molar-refractivity contribution is -0.220. The maximum atomic E-state index is 12.9. The van der Waals surface area contributed by atoms with E-state index >= 15 is 0 Å². The van der Waals surface area contributed by atoms with E-state index in [4.69, 9.17) is 9.47 Å². The molecule has 0 spiro atoms. The van der Waals surface area contributed by atoms with Gasteiger partial charge >= 0.3 is 5.97 Å². The van der Waals surface area contributed by atoms with Crippen LogP contribution in [-0.2, 0) is 14.3 Å². The third-order valence-electron chi connectivity index (χ3n) is 7.16. The van der Waals surface area contributed by atoms with E-state index < -0.39 is 0 Å². The van der Waals surface area contributed by atoms with Gasteiger partial charge in [0.25, 0.3) is 0 Å². The predicted octanol–water partition coefficient (Wildman–Crippen LogP) is 4.59. The van der Waals surface area contributed by atoms with Crippen LogP contribution in [0.1, 0.15) is 72.1 Å². The lowest BCUT2D eigenvalue weighted by Crippen LogP contribution is -2.60. The lowest BCUT2D eigenvalue weighted by atomic mass is 9.49. The topological polar surface area (TPSA) is 35.5 Å². The first-order chi connectivity index (χ1) is 10.9. The molecule has 23 heavy (non-hydrogen) atoms. The predicted molar refractivity (Wildman–Crippen MR) is 91.1 cm³/mol. The fourth-order valence-electron chi connectivity index (χ4n) is 5.56. The zero-order valence-electron chi connectivity index (χ0n) is 15.4. The molecule has 4 saturated carbocycles. The van der Waals surface area contributed by atoms with Gasteiger partial charge in [0.2, 0.25) is 0 Å². The minimum absolute atomic E-state index is 0.0184. The molecule has 4 rings (SSSR count). The summed E-state index contributed by atoms with van der Waals surface area (Å²) in [5.74, 6) is 2.99. The van der Waals surface area contributed by atoms with Crippen LogP contribution in [0.25, 0.3) is 0 Å². The minimum Gasteiger partial charge on any atom is -0.458 e. The van der Waals surface area contributed by atoms with Crippen LogP contribution in [0.15, 0.2) is 0 Å². The van der Waals surface area contributed by atoms with Crippen molar-refractivity contribution < 1.29 is 14.3 Å². The molecule has 0 atom stereocenters. The minimum atomic E-state index is -0.372. The van der Waals surface area contributed by atoms with E-state index in [9.17, 15) is 4.79 Å². The molecule has 0 aromatic rings. The molecule has 0 saturated heterocycles. The molecule has 0 heterocycles. The number of esters is 1. The van der Waals surface area contributed by atoms with Gasteiger partial charge < -0.3 is 9.47 Å². The second-order valence-corrected chi connectivity index (χ2v) is 8.98. The van der Waals surface area contributed by atoms with Gasteiger partial charge in [-0.15, -0.1) is 0 Å². The third kappa shape index (κ3) is 3.06. The standard InChI is InChI=1S/C20H34O3/c1-5-19(2,3)18(21)23-20(7-6-8-22-4)16-10-14-9-15(12-16)13-17(20)11-14/h14-17H,5-13H2,1-4H3. The molecule has 132 valence electrons. The van der Waals surface area contributed by atoms with E-state index in [0.29, 0.717) is 11.8 Å². The number of rotatable bonds is 7. The number of ether oxygens (including phenoxy) is 2. The number of carbonyl (C=O) groups excluding carboxylic acids is 1. The van der Waals surface area contributed by atoms with Crippen LogP contribution >= 0.6 is 0 Å². The highest BCUT2D eigenvalue weighted by Crippen LogP contribution is 2.61. The SMILES string of the molecule is CCC(C)(C)C(=O)OC1(CCCOC)C2CC3CC(C2)CC1C3. The fourth-order valence-corrected chi connectivity index (χ4v) is 5.56. The van der Waals surface area contributed by atoms with Gasteiger partial charge in [0, 0.05) is 13.7 Å². The normalized spacial score (nSPS) is 38.8. The fraction of sp³-hybridized carbons (Fsp3) is 0.950. The molecule has 4 fully saturated rings. The molecule has 4 bridgehead atoms. The molecule has 0 aliphatic heterocycles. The van der Waals surface area contributed by atoms with Crippen molar-refractivity contribution in [1.29, 1.82) is 0 Å². The summed E-state index contributed by atoms with van der Waals surface area (Å²) in [4.78, 5) is 12.9. The molecule has 3 nitrogen and oxygen atoms in total. The highest BCUT2D eigenvalue weighted by atomic mass is 16.6. The molecule has 0 N–H and O–H groups in total. The quantitative estimate of drug-likeness (QED) is 0.508. The first kappa shape index (κ1) is 17.3. The van der Waals surface area contributed by atoms with Crippen LogP contribution < -0.4 is 0 Å². The van der Waals surface area contributed by atoms with Crippen molar-refractivity contribution in [3.05, 3.63) is 0 Å². The second-order valence-electron chi connectivity index (χ2n) is 8.98. The van der Waals surface area contributed by atoms with Crippen LogP contribution in [-0.4, -0.2) is 25.3 Å². The number of carbonyl (C=O) groups is 1. The Morgan fingerprint density at radius 2 is 1.65 bits per heavy atom. The molecular formula is C20H34O3. The Morgan fingerprint density at radius 3 is 2.13 bits per heavy atom. The number of hydrogen-bond acceptors (Lipinski definition) is 3. The maximum Gasteiger partial charge on any atom is 0.312 e. The van der Waals surface area contributed by atoms with Crippen molar-refractivity contribution in [2.75, 3.05) is 13.7 Å². The van der Waals surface area contributed by atoms with Gasteiger partial charge in [-0.25, -0.2) is 0 Å².